The van der Waals surface area contributed by atoms with Gasteiger partial charge in [-0.2, -0.15) is 0 Å². The maximum atomic E-state index is 5.03. The van der Waals surface area contributed by atoms with Crippen LogP contribution in [0.15, 0.2) is 115 Å². The van der Waals surface area contributed by atoms with E-state index in [1.807, 2.05) is 6.07 Å². The van der Waals surface area contributed by atoms with Crippen molar-refractivity contribution in [2.24, 2.45) is 0 Å². The van der Waals surface area contributed by atoms with Crippen molar-refractivity contribution in [3.63, 3.8) is 0 Å². The summed E-state index contributed by atoms with van der Waals surface area (Å²) in [7, 11) is 0. The zero-order valence-electron chi connectivity index (χ0n) is 21.0. The molecule has 0 atom stereocenters. The van der Waals surface area contributed by atoms with Gasteiger partial charge in [-0.1, -0.05) is 79.7 Å². The zero-order valence-corrected chi connectivity index (χ0v) is 21.0. The molecule has 8 aromatic rings. The second-order valence-electron chi connectivity index (χ2n) is 9.79. The summed E-state index contributed by atoms with van der Waals surface area (Å²) in [5.41, 5.74) is 11.2. The van der Waals surface area contributed by atoms with Crippen molar-refractivity contribution >= 4 is 38.5 Å². The van der Waals surface area contributed by atoms with Crippen LogP contribution in [-0.4, -0.2) is 18.9 Å². The van der Waals surface area contributed by atoms with Gasteiger partial charge in [0.2, 0.25) is 0 Å². The van der Waals surface area contributed by atoms with Crippen LogP contribution in [0.5, 0.6) is 0 Å². The van der Waals surface area contributed by atoms with Crippen LogP contribution in [-0.2, 0) is 6.42 Å². The third-order valence-electron chi connectivity index (χ3n) is 7.65. The second kappa shape index (κ2) is 8.02. The Morgan fingerprint density at radius 1 is 0.605 bits per heavy atom. The van der Waals surface area contributed by atoms with Gasteiger partial charge in [-0.3, -0.25) is 8.97 Å². The molecular formula is C34H24N4. The third-order valence-corrected chi connectivity index (χ3v) is 7.65. The summed E-state index contributed by atoms with van der Waals surface area (Å²) in [4.78, 5) is 9.88. The van der Waals surface area contributed by atoms with Crippen LogP contribution in [0.25, 0.3) is 66.6 Å². The minimum absolute atomic E-state index is 0.880. The lowest BCUT2D eigenvalue weighted by atomic mass is 10.0. The lowest BCUT2D eigenvalue weighted by molar-refractivity contribution is 0.908. The molecule has 180 valence electrons. The molecule has 0 radical (unpaired) electrons. The highest BCUT2D eigenvalue weighted by atomic mass is 15.1. The van der Waals surface area contributed by atoms with Crippen molar-refractivity contribution in [2.75, 3.05) is 0 Å². The van der Waals surface area contributed by atoms with E-state index in [0.717, 1.165) is 45.9 Å². The SMILES string of the molecule is CCc1nc2ccccc2n1-c1ccc(-c2ccc3c(c2)c2c(-c4ccccc4)nc4cccc3n42)cc1. The molecule has 8 rings (SSSR count). The summed E-state index contributed by atoms with van der Waals surface area (Å²) in [6, 6.07) is 40.9. The maximum Gasteiger partial charge on any atom is 0.138 e. The number of imidazole rings is 2. The van der Waals surface area contributed by atoms with Gasteiger partial charge >= 0.3 is 0 Å². The molecule has 4 heteroatoms. The van der Waals surface area contributed by atoms with Crippen LogP contribution in [0.3, 0.4) is 0 Å². The standard InChI is InChI=1S/C34H24N4/c1-2-31-35-28-11-6-7-12-30(28)37(31)25-18-15-22(16-19-25)24-17-20-26-27(21-24)34-33(23-9-4-3-5-10-23)36-32-14-8-13-29(26)38(32)34/h3-21H,2H2,1H3. The van der Waals surface area contributed by atoms with Crippen LogP contribution in [0.2, 0.25) is 0 Å². The highest BCUT2D eigenvalue weighted by molar-refractivity contribution is 6.14. The summed E-state index contributed by atoms with van der Waals surface area (Å²) in [6.07, 6.45) is 0.880. The summed E-state index contributed by atoms with van der Waals surface area (Å²) >= 11 is 0. The molecule has 0 aliphatic rings. The molecule has 38 heavy (non-hydrogen) atoms. The van der Waals surface area contributed by atoms with Crippen LogP contribution in [0.4, 0.5) is 0 Å². The third kappa shape index (κ3) is 2.97. The minimum atomic E-state index is 0.880. The van der Waals surface area contributed by atoms with Crippen molar-refractivity contribution in [3.05, 3.63) is 121 Å². The lowest BCUT2D eigenvalue weighted by Gasteiger charge is -2.10. The van der Waals surface area contributed by atoms with Crippen LogP contribution in [0.1, 0.15) is 12.7 Å². The van der Waals surface area contributed by atoms with Crippen LogP contribution in [0, 0.1) is 0 Å². The number of rotatable bonds is 4. The predicted molar refractivity (Wildman–Crippen MR) is 156 cm³/mol. The van der Waals surface area contributed by atoms with E-state index in [9.17, 15) is 0 Å². The number of hydrogen-bond acceptors (Lipinski definition) is 2. The van der Waals surface area contributed by atoms with E-state index >= 15 is 0 Å². The summed E-state index contributed by atoms with van der Waals surface area (Å²) in [5.74, 6) is 1.08. The number of fused-ring (bicyclic) bond motifs is 4. The quantitative estimate of drug-likeness (QED) is 0.250. The average Bonchev–Trinajstić information content (AvgIpc) is 3.66. The van der Waals surface area contributed by atoms with Gasteiger partial charge in [0.05, 0.1) is 27.8 Å². The number of hydrogen-bond donors (Lipinski definition) is 0. The van der Waals surface area contributed by atoms with Gasteiger partial charge in [0.25, 0.3) is 0 Å². The first kappa shape index (κ1) is 21.2. The molecule has 4 heterocycles. The average molecular weight is 489 g/mol. The number of para-hydroxylation sites is 2. The molecule has 0 aliphatic carbocycles. The number of nitrogens with zero attached hydrogens (tertiary/aromatic N) is 4. The Morgan fingerprint density at radius 3 is 2.21 bits per heavy atom. The lowest BCUT2D eigenvalue weighted by Crippen LogP contribution is -1.99. The van der Waals surface area contributed by atoms with Crippen molar-refractivity contribution in [3.8, 4) is 28.1 Å². The molecular weight excluding hydrogens is 464 g/mol. The predicted octanol–water partition coefficient (Wildman–Crippen LogP) is 8.31. The smallest absolute Gasteiger partial charge is 0.138 e. The molecule has 0 saturated heterocycles. The molecule has 0 unspecified atom stereocenters. The monoisotopic (exact) mass is 488 g/mol. The number of aryl methyl sites for hydroxylation is 1. The number of benzene rings is 4. The van der Waals surface area contributed by atoms with Gasteiger partial charge in [0.1, 0.15) is 11.5 Å². The van der Waals surface area contributed by atoms with E-state index in [0.29, 0.717) is 0 Å². The fraction of sp³-hybridized carbons (Fsp3) is 0.0588. The summed E-state index contributed by atoms with van der Waals surface area (Å²) < 4.78 is 4.57. The van der Waals surface area contributed by atoms with Crippen molar-refractivity contribution in [1.29, 1.82) is 0 Å². The van der Waals surface area contributed by atoms with Gasteiger partial charge in [0, 0.05) is 28.4 Å². The van der Waals surface area contributed by atoms with Gasteiger partial charge < -0.3 is 0 Å². The molecule has 0 saturated carbocycles. The zero-order chi connectivity index (χ0) is 25.2. The Balaban J connectivity index is 1.29. The molecule has 0 N–H and O–H groups in total. The summed E-state index contributed by atoms with van der Waals surface area (Å²) in [5, 5.41) is 2.48. The summed E-state index contributed by atoms with van der Waals surface area (Å²) in [6.45, 7) is 2.16. The van der Waals surface area contributed by atoms with E-state index in [2.05, 4.69) is 125 Å². The molecule has 4 nitrogen and oxygen atoms in total. The maximum absolute atomic E-state index is 5.03. The number of aromatic nitrogens is 4. The second-order valence-corrected chi connectivity index (χ2v) is 9.79. The Morgan fingerprint density at radius 2 is 1.37 bits per heavy atom. The van der Waals surface area contributed by atoms with E-state index in [4.69, 9.17) is 9.97 Å². The topological polar surface area (TPSA) is 35.1 Å². The molecule has 0 spiro atoms. The van der Waals surface area contributed by atoms with Crippen LogP contribution < -0.4 is 0 Å². The fourth-order valence-electron chi connectivity index (χ4n) is 5.90. The van der Waals surface area contributed by atoms with E-state index in [-0.39, 0.29) is 0 Å². The van der Waals surface area contributed by atoms with Gasteiger partial charge in [0.15, 0.2) is 0 Å². The number of pyridine rings is 1. The minimum Gasteiger partial charge on any atom is -0.296 e. The van der Waals surface area contributed by atoms with Gasteiger partial charge in [-0.25, -0.2) is 9.97 Å². The van der Waals surface area contributed by atoms with Gasteiger partial charge in [-0.05, 0) is 53.6 Å². The molecule has 0 aliphatic heterocycles. The highest BCUT2D eigenvalue weighted by Gasteiger charge is 2.19. The first-order valence-corrected chi connectivity index (χ1v) is 13.1. The van der Waals surface area contributed by atoms with Crippen molar-refractivity contribution in [2.45, 2.75) is 13.3 Å². The Hall–Kier alpha value is -4.96. The van der Waals surface area contributed by atoms with E-state index < -0.39 is 0 Å². The Kier molecular flexibility index (Phi) is 4.47. The van der Waals surface area contributed by atoms with E-state index in [1.165, 1.54) is 32.9 Å². The largest absolute Gasteiger partial charge is 0.296 e. The fourth-order valence-corrected chi connectivity index (χ4v) is 5.90. The Labute approximate surface area is 219 Å². The molecule has 0 amide bonds. The molecule has 0 fully saturated rings. The molecule has 4 aromatic heterocycles. The van der Waals surface area contributed by atoms with Crippen LogP contribution >= 0.6 is 0 Å². The van der Waals surface area contributed by atoms with Gasteiger partial charge in [-0.15, -0.1) is 0 Å². The Bertz CT molecular complexity index is 2100. The first-order valence-electron chi connectivity index (χ1n) is 13.1. The van der Waals surface area contributed by atoms with Crippen molar-refractivity contribution in [1.82, 2.24) is 18.9 Å². The van der Waals surface area contributed by atoms with E-state index in [1.54, 1.807) is 0 Å². The normalized spacial score (nSPS) is 11.9. The highest BCUT2D eigenvalue weighted by Crippen LogP contribution is 2.39. The first-order chi connectivity index (χ1) is 18.8. The molecule has 0 bridgehead atoms. The van der Waals surface area contributed by atoms with Crippen molar-refractivity contribution < 1.29 is 0 Å². The molecule has 4 aromatic carbocycles.